The molecule has 0 saturated carbocycles. The number of hydrogen-bond acceptors (Lipinski definition) is 5. The molecule has 0 unspecified atom stereocenters. The number of thioether (sulfide) groups is 1. The first-order valence-corrected chi connectivity index (χ1v) is 7.16. The molecule has 0 atom stereocenters. The van der Waals surface area contributed by atoms with Crippen molar-refractivity contribution in [1.29, 1.82) is 0 Å². The van der Waals surface area contributed by atoms with Gasteiger partial charge in [0.2, 0.25) is 0 Å². The SMILES string of the molecule is C/C=C(\c1nonc1NCCSCC)C(C)C. The highest BCUT2D eigenvalue weighted by molar-refractivity contribution is 7.99. The molecule has 0 saturated heterocycles. The zero-order valence-electron chi connectivity index (χ0n) is 11.0. The first-order chi connectivity index (χ1) is 8.20. The predicted octanol–water partition coefficient (Wildman–Crippen LogP) is 3.29. The zero-order valence-corrected chi connectivity index (χ0v) is 11.8. The Bertz CT molecular complexity index is 360. The van der Waals surface area contributed by atoms with Crippen LogP contribution in [0.5, 0.6) is 0 Å². The molecule has 1 rings (SSSR count). The number of nitrogens with one attached hydrogen (secondary N) is 1. The third kappa shape index (κ3) is 4.07. The van der Waals surface area contributed by atoms with E-state index in [2.05, 4.69) is 42.5 Å². The van der Waals surface area contributed by atoms with E-state index in [-0.39, 0.29) is 0 Å². The monoisotopic (exact) mass is 255 g/mol. The molecule has 1 aromatic heterocycles. The Morgan fingerprint density at radius 3 is 2.82 bits per heavy atom. The number of allylic oxidation sites excluding steroid dienone is 2. The van der Waals surface area contributed by atoms with Gasteiger partial charge in [0.25, 0.3) is 0 Å². The number of rotatable bonds is 7. The summed E-state index contributed by atoms with van der Waals surface area (Å²) in [5.41, 5.74) is 2.00. The third-order valence-electron chi connectivity index (χ3n) is 2.44. The van der Waals surface area contributed by atoms with Gasteiger partial charge in [0.05, 0.1) is 0 Å². The highest BCUT2D eigenvalue weighted by Gasteiger charge is 2.16. The van der Waals surface area contributed by atoms with Gasteiger partial charge in [0, 0.05) is 12.3 Å². The first-order valence-electron chi connectivity index (χ1n) is 6.01. The molecule has 17 heavy (non-hydrogen) atoms. The van der Waals surface area contributed by atoms with Crippen LogP contribution in [0.1, 0.15) is 33.4 Å². The molecule has 0 aliphatic carbocycles. The largest absolute Gasteiger partial charge is 0.365 e. The molecule has 0 fully saturated rings. The van der Waals surface area contributed by atoms with Crippen LogP contribution in [0, 0.1) is 5.92 Å². The summed E-state index contributed by atoms with van der Waals surface area (Å²) < 4.78 is 4.83. The molecule has 1 heterocycles. The van der Waals surface area contributed by atoms with E-state index in [0.29, 0.717) is 5.92 Å². The van der Waals surface area contributed by atoms with Crippen molar-refractivity contribution in [3.63, 3.8) is 0 Å². The van der Waals surface area contributed by atoms with Gasteiger partial charge in [-0.05, 0) is 34.5 Å². The molecule has 0 bridgehead atoms. The molecular weight excluding hydrogens is 234 g/mol. The molecule has 1 aromatic rings. The smallest absolute Gasteiger partial charge is 0.198 e. The van der Waals surface area contributed by atoms with Gasteiger partial charge in [-0.1, -0.05) is 26.8 Å². The Hall–Kier alpha value is -0.970. The van der Waals surface area contributed by atoms with E-state index in [1.807, 2.05) is 18.7 Å². The Balaban J connectivity index is 2.65. The molecule has 0 aliphatic heterocycles. The lowest BCUT2D eigenvalue weighted by molar-refractivity contribution is 0.307. The van der Waals surface area contributed by atoms with Gasteiger partial charge in [-0.2, -0.15) is 11.8 Å². The fourth-order valence-electron chi connectivity index (χ4n) is 1.62. The molecule has 0 amide bonds. The van der Waals surface area contributed by atoms with Crippen LogP contribution in [-0.4, -0.2) is 28.4 Å². The highest BCUT2D eigenvalue weighted by atomic mass is 32.2. The summed E-state index contributed by atoms with van der Waals surface area (Å²) in [6, 6.07) is 0. The molecule has 1 N–H and O–H groups in total. The van der Waals surface area contributed by atoms with Gasteiger partial charge in [-0.3, -0.25) is 0 Å². The maximum Gasteiger partial charge on any atom is 0.198 e. The lowest BCUT2D eigenvalue weighted by Gasteiger charge is -2.09. The fraction of sp³-hybridized carbons (Fsp3) is 0.667. The van der Waals surface area contributed by atoms with Gasteiger partial charge >= 0.3 is 0 Å². The maximum atomic E-state index is 4.83. The van der Waals surface area contributed by atoms with Crippen molar-refractivity contribution in [1.82, 2.24) is 10.3 Å². The van der Waals surface area contributed by atoms with Crippen molar-refractivity contribution in [3.05, 3.63) is 11.8 Å². The highest BCUT2D eigenvalue weighted by Crippen LogP contribution is 2.26. The van der Waals surface area contributed by atoms with Gasteiger partial charge in [0.15, 0.2) is 11.5 Å². The summed E-state index contributed by atoms with van der Waals surface area (Å²) in [5.74, 6) is 3.37. The summed E-state index contributed by atoms with van der Waals surface area (Å²) in [6.45, 7) is 9.33. The Kier molecular flexibility index (Phi) is 6.11. The van der Waals surface area contributed by atoms with Crippen molar-refractivity contribution in [2.24, 2.45) is 5.92 Å². The average Bonchev–Trinajstić information content (AvgIpc) is 2.73. The fourth-order valence-corrected chi connectivity index (χ4v) is 2.16. The van der Waals surface area contributed by atoms with Crippen LogP contribution in [0.25, 0.3) is 5.57 Å². The van der Waals surface area contributed by atoms with E-state index < -0.39 is 0 Å². The Morgan fingerprint density at radius 2 is 2.24 bits per heavy atom. The topological polar surface area (TPSA) is 51.0 Å². The minimum absolute atomic E-state index is 0.414. The molecule has 0 aromatic carbocycles. The summed E-state index contributed by atoms with van der Waals surface area (Å²) in [5, 5.41) is 11.2. The van der Waals surface area contributed by atoms with Crippen molar-refractivity contribution < 1.29 is 4.63 Å². The normalized spacial score (nSPS) is 12.2. The van der Waals surface area contributed by atoms with Crippen LogP contribution in [0.3, 0.4) is 0 Å². The molecule has 0 spiro atoms. The molecule has 0 radical (unpaired) electrons. The molecule has 4 nitrogen and oxygen atoms in total. The minimum atomic E-state index is 0.414. The van der Waals surface area contributed by atoms with E-state index in [1.54, 1.807) is 0 Å². The molecular formula is C12H21N3OS. The lowest BCUT2D eigenvalue weighted by atomic mass is 10.00. The van der Waals surface area contributed by atoms with Crippen LogP contribution >= 0.6 is 11.8 Å². The van der Waals surface area contributed by atoms with Gasteiger partial charge < -0.3 is 5.32 Å². The summed E-state index contributed by atoms with van der Waals surface area (Å²) in [4.78, 5) is 0. The summed E-state index contributed by atoms with van der Waals surface area (Å²) >= 11 is 1.90. The van der Waals surface area contributed by atoms with Crippen molar-refractivity contribution in [2.45, 2.75) is 27.7 Å². The second kappa shape index (κ2) is 7.37. The van der Waals surface area contributed by atoms with Crippen molar-refractivity contribution in [3.8, 4) is 0 Å². The van der Waals surface area contributed by atoms with E-state index in [4.69, 9.17) is 4.63 Å². The zero-order chi connectivity index (χ0) is 12.7. The van der Waals surface area contributed by atoms with Crippen LogP contribution in [0.4, 0.5) is 5.82 Å². The Morgan fingerprint density at radius 1 is 1.47 bits per heavy atom. The van der Waals surface area contributed by atoms with Crippen molar-refractivity contribution in [2.75, 3.05) is 23.4 Å². The van der Waals surface area contributed by atoms with E-state index in [9.17, 15) is 0 Å². The lowest BCUT2D eigenvalue weighted by Crippen LogP contribution is -2.07. The van der Waals surface area contributed by atoms with E-state index in [0.717, 1.165) is 35.1 Å². The van der Waals surface area contributed by atoms with E-state index >= 15 is 0 Å². The quantitative estimate of drug-likeness (QED) is 0.758. The maximum absolute atomic E-state index is 4.83. The predicted molar refractivity (Wildman–Crippen MR) is 74.3 cm³/mol. The molecule has 0 aliphatic rings. The molecule has 5 heteroatoms. The summed E-state index contributed by atoms with van der Waals surface area (Å²) in [6.07, 6.45) is 2.07. The number of nitrogens with zero attached hydrogens (tertiary/aromatic N) is 2. The standard InChI is InChI=1S/C12H21N3OS/c1-5-10(9(3)4)11-12(15-16-14-11)13-7-8-17-6-2/h5,9H,6-8H2,1-4H3,(H,13,15)/b10-5-. The van der Waals surface area contributed by atoms with Gasteiger partial charge in [0.1, 0.15) is 0 Å². The van der Waals surface area contributed by atoms with Crippen LogP contribution in [0.15, 0.2) is 10.7 Å². The van der Waals surface area contributed by atoms with Crippen LogP contribution in [0.2, 0.25) is 0 Å². The number of aromatic nitrogens is 2. The molecule has 96 valence electrons. The Labute approximate surface area is 107 Å². The second-order valence-corrected chi connectivity index (χ2v) is 5.38. The minimum Gasteiger partial charge on any atom is -0.365 e. The van der Waals surface area contributed by atoms with E-state index in [1.165, 1.54) is 0 Å². The third-order valence-corrected chi connectivity index (χ3v) is 3.34. The van der Waals surface area contributed by atoms with Gasteiger partial charge in [-0.25, -0.2) is 4.63 Å². The first kappa shape index (κ1) is 14.1. The van der Waals surface area contributed by atoms with Crippen LogP contribution in [-0.2, 0) is 0 Å². The van der Waals surface area contributed by atoms with Crippen LogP contribution < -0.4 is 5.32 Å². The van der Waals surface area contributed by atoms with Crippen molar-refractivity contribution >= 4 is 23.2 Å². The van der Waals surface area contributed by atoms with Gasteiger partial charge in [-0.15, -0.1) is 0 Å². The summed E-state index contributed by atoms with van der Waals surface area (Å²) in [7, 11) is 0. The number of hydrogen-bond donors (Lipinski definition) is 1. The number of anilines is 1. The second-order valence-electron chi connectivity index (χ2n) is 3.98. The average molecular weight is 255 g/mol.